The molecule has 10 nitrogen and oxygen atoms in total. The van der Waals surface area contributed by atoms with E-state index in [1.54, 1.807) is 35.3 Å². The Labute approximate surface area is 220 Å². The first-order valence-electron chi connectivity index (χ1n) is 12.3. The minimum absolute atomic E-state index is 0. The van der Waals surface area contributed by atoms with E-state index >= 15 is 0 Å². The second kappa shape index (κ2) is 11.3. The van der Waals surface area contributed by atoms with Crippen LogP contribution in [0.2, 0.25) is 0 Å². The number of nitrogens with zero attached hydrogens (tertiary/aromatic N) is 5. The van der Waals surface area contributed by atoms with Crippen LogP contribution in [0.15, 0.2) is 58.3 Å². The van der Waals surface area contributed by atoms with E-state index in [2.05, 4.69) is 25.2 Å². The quantitative estimate of drug-likeness (QED) is 0.390. The van der Waals surface area contributed by atoms with Crippen molar-refractivity contribution in [2.24, 2.45) is 0 Å². The second-order valence-corrected chi connectivity index (χ2v) is 9.10. The van der Waals surface area contributed by atoms with E-state index in [0.29, 0.717) is 44.0 Å². The molecule has 0 bridgehead atoms. The third kappa shape index (κ3) is 5.61. The van der Waals surface area contributed by atoms with Gasteiger partial charge in [0.15, 0.2) is 11.5 Å². The summed E-state index contributed by atoms with van der Waals surface area (Å²) in [5.74, 6) is 1.98. The van der Waals surface area contributed by atoms with Crippen molar-refractivity contribution in [1.29, 1.82) is 0 Å². The maximum absolute atomic E-state index is 12.7. The Kier molecular flexibility index (Phi) is 7.68. The highest BCUT2D eigenvalue weighted by Crippen LogP contribution is 2.29. The first kappa shape index (κ1) is 25.2. The molecule has 37 heavy (non-hydrogen) atoms. The predicted octanol–water partition coefficient (Wildman–Crippen LogP) is 2.89. The summed E-state index contributed by atoms with van der Waals surface area (Å²) in [6.07, 6.45) is 8.69. The van der Waals surface area contributed by atoms with Gasteiger partial charge >= 0.3 is 0 Å². The highest BCUT2D eigenvalue weighted by Gasteiger charge is 2.20. The number of halogens is 1. The third-order valence-electron chi connectivity index (χ3n) is 6.80. The normalized spacial score (nSPS) is 16.0. The fourth-order valence-corrected chi connectivity index (χ4v) is 4.82. The summed E-state index contributed by atoms with van der Waals surface area (Å²) in [7, 11) is 0. The lowest BCUT2D eigenvalue weighted by molar-refractivity contribution is 0.170. The molecule has 6 heterocycles. The number of hydrogen-bond donors (Lipinski definition) is 1. The Hall–Kier alpha value is -3.47. The van der Waals surface area contributed by atoms with E-state index in [-0.39, 0.29) is 18.0 Å². The monoisotopic (exact) mass is 524 g/mol. The molecular formula is C26H29ClN6O4. The molecule has 194 valence electrons. The number of ether oxygens (including phenoxy) is 2. The summed E-state index contributed by atoms with van der Waals surface area (Å²) in [4.78, 5) is 28.3. The van der Waals surface area contributed by atoms with Crippen LogP contribution in [0.25, 0.3) is 22.5 Å². The van der Waals surface area contributed by atoms with Crippen molar-refractivity contribution in [1.82, 2.24) is 29.7 Å². The largest absolute Gasteiger partial charge is 0.486 e. The molecule has 0 spiro atoms. The average molecular weight is 525 g/mol. The number of rotatable bonds is 7. The van der Waals surface area contributed by atoms with Crippen molar-refractivity contribution in [2.75, 3.05) is 32.8 Å². The second-order valence-electron chi connectivity index (χ2n) is 9.10. The molecule has 0 radical (unpaired) electrons. The van der Waals surface area contributed by atoms with E-state index in [1.165, 1.54) is 6.26 Å². The van der Waals surface area contributed by atoms with Crippen LogP contribution in [0.1, 0.15) is 18.5 Å². The van der Waals surface area contributed by atoms with Crippen molar-refractivity contribution < 1.29 is 13.9 Å². The maximum atomic E-state index is 12.7. The molecule has 11 heteroatoms. The highest BCUT2D eigenvalue weighted by molar-refractivity contribution is 5.85. The SMILES string of the molecule is Cl.O=c1ccc2ncc(-c3ncco3)cc2n1CCN1CCC(NCc2cc3c(cn2)OCCO3)CC1. The number of oxazole rings is 1. The van der Waals surface area contributed by atoms with Crippen molar-refractivity contribution >= 4 is 23.4 Å². The van der Waals surface area contributed by atoms with Crippen molar-refractivity contribution in [3.8, 4) is 23.0 Å². The fourth-order valence-electron chi connectivity index (χ4n) is 4.82. The Bertz CT molecular complexity index is 1400. The molecule has 4 aromatic heterocycles. The first-order chi connectivity index (χ1) is 17.7. The minimum atomic E-state index is -0.0302. The molecule has 1 fully saturated rings. The van der Waals surface area contributed by atoms with E-state index < -0.39 is 0 Å². The molecule has 1 N–H and O–H groups in total. The zero-order valence-corrected chi connectivity index (χ0v) is 21.2. The molecule has 2 aliphatic heterocycles. The van der Waals surface area contributed by atoms with Crippen molar-refractivity contribution in [2.45, 2.75) is 32.0 Å². The summed E-state index contributed by atoms with van der Waals surface area (Å²) in [5.41, 5.74) is 3.25. The number of piperidine rings is 1. The van der Waals surface area contributed by atoms with Crippen LogP contribution in [0.4, 0.5) is 0 Å². The smallest absolute Gasteiger partial charge is 0.251 e. The molecule has 0 atom stereocenters. The Morgan fingerprint density at radius 3 is 2.62 bits per heavy atom. The van der Waals surface area contributed by atoms with Gasteiger partial charge in [0, 0.05) is 44.0 Å². The minimum Gasteiger partial charge on any atom is -0.486 e. The third-order valence-corrected chi connectivity index (χ3v) is 6.80. The van der Waals surface area contributed by atoms with Gasteiger partial charge in [-0.3, -0.25) is 14.8 Å². The number of pyridine rings is 3. The van der Waals surface area contributed by atoms with Gasteiger partial charge in [0.05, 0.1) is 34.7 Å². The van der Waals surface area contributed by atoms with E-state index in [4.69, 9.17) is 13.9 Å². The summed E-state index contributed by atoms with van der Waals surface area (Å²) in [6, 6.07) is 7.67. The van der Waals surface area contributed by atoms with Crippen LogP contribution in [-0.2, 0) is 13.1 Å². The molecule has 0 unspecified atom stereocenters. The Morgan fingerprint density at radius 2 is 1.81 bits per heavy atom. The standard InChI is InChI=1S/C26H28N6O4.ClH/c33-25-2-1-21-22(13-18(15-30-21)26-27-5-10-36-26)32(25)9-8-31-6-3-19(4-7-31)28-16-20-14-23-24(17-29-20)35-12-11-34-23;/h1-2,5,10,13-15,17,19,28H,3-4,6-9,11-12,16H2;1H. The first-order valence-corrected chi connectivity index (χ1v) is 12.3. The van der Waals surface area contributed by atoms with Gasteiger partial charge in [0.1, 0.15) is 19.5 Å². The Balaban J connectivity index is 0.00000280. The van der Waals surface area contributed by atoms with Crippen LogP contribution >= 0.6 is 12.4 Å². The van der Waals surface area contributed by atoms with Crippen molar-refractivity contribution in [3.05, 3.63) is 65.2 Å². The van der Waals surface area contributed by atoms with Crippen LogP contribution in [0.3, 0.4) is 0 Å². The van der Waals surface area contributed by atoms with Gasteiger partial charge in [0.2, 0.25) is 5.89 Å². The molecular weight excluding hydrogens is 496 g/mol. The summed E-state index contributed by atoms with van der Waals surface area (Å²) in [5, 5.41) is 3.63. The zero-order valence-electron chi connectivity index (χ0n) is 20.3. The average Bonchev–Trinajstić information content (AvgIpc) is 3.47. The molecule has 0 aromatic carbocycles. The molecule has 0 aliphatic carbocycles. The van der Waals surface area contributed by atoms with E-state index in [1.807, 2.05) is 12.1 Å². The van der Waals surface area contributed by atoms with Crippen LogP contribution < -0.4 is 20.3 Å². The van der Waals surface area contributed by atoms with E-state index in [0.717, 1.165) is 60.5 Å². The summed E-state index contributed by atoms with van der Waals surface area (Å²) < 4.78 is 18.4. The zero-order chi connectivity index (χ0) is 24.3. The number of hydrogen-bond acceptors (Lipinski definition) is 9. The van der Waals surface area contributed by atoms with Gasteiger partial charge in [-0.15, -0.1) is 12.4 Å². The lowest BCUT2D eigenvalue weighted by Gasteiger charge is -2.32. The molecule has 6 rings (SSSR count). The van der Waals surface area contributed by atoms with Crippen molar-refractivity contribution in [3.63, 3.8) is 0 Å². The number of aromatic nitrogens is 4. The molecule has 2 aliphatic rings. The number of fused-ring (bicyclic) bond motifs is 2. The Morgan fingerprint density at radius 1 is 0.973 bits per heavy atom. The van der Waals surface area contributed by atoms with E-state index in [9.17, 15) is 4.79 Å². The predicted molar refractivity (Wildman–Crippen MR) is 140 cm³/mol. The van der Waals surface area contributed by atoms with Crippen LogP contribution in [-0.4, -0.2) is 63.3 Å². The number of likely N-dealkylation sites (tertiary alicyclic amines) is 1. The molecule has 4 aromatic rings. The molecule has 1 saturated heterocycles. The van der Waals surface area contributed by atoms with Crippen LogP contribution in [0.5, 0.6) is 11.5 Å². The van der Waals surface area contributed by atoms with Crippen LogP contribution in [0, 0.1) is 0 Å². The lowest BCUT2D eigenvalue weighted by atomic mass is 10.0. The molecule has 0 amide bonds. The van der Waals surface area contributed by atoms with Gasteiger partial charge in [0.25, 0.3) is 5.56 Å². The van der Waals surface area contributed by atoms with Gasteiger partial charge in [-0.1, -0.05) is 0 Å². The summed E-state index contributed by atoms with van der Waals surface area (Å²) in [6.45, 7) is 5.21. The number of nitrogens with one attached hydrogen (secondary N) is 1. The lowest BCUT2D eigenvalue weighted by Crippen LogP contribution is -2.43. The van der Waals surface area contributed by atoms with Gasteiger partial charge < -0.3 is 28.7 Å². The summed E-state index contributed by atoms with van der Waals surface area (Å²) >= 11 is 0. The highest BCUT2D eigenvalue weighted by atomic mass is 35.5. The fraction of sp³-hybridized carbons (Fsp3) is 0.385. The van der Waals surface area contributed by atoms with Gasteiger partial charge in [-0.2, -0.15) is 0 Å². The van der Waals surface area contributed by atoms with Gasteiger partial charge in [-0.05, 0) is 38.1 Å². The van der Waals surface area contributed by atoms with Gasteiger partial charge in [-0.25, -0.2) is 4.98 Å². The molecule has 0 saturated carbocycles. The topological polar surface area (TPSA) is 108 Å². The maximum Gasteiger partial charge on any atom is 0.251 e.